The van der Waals surface area contributed by atoms with Crippen molar-refractivity contribution >= 4 is 5.91 Å². The van der Waals surface area contributed by atoms with Crippen LogP contribution in [0.3, 0.4) is 0 Å². The maximum atomic E-state index is 10.4. The lowest BCUT2D eigenvalue weighted by atomic mass is 10.2. The van der Waals surface area contributed by atoms with E-state index in [1.54, 1.807) is 19.1 Å². The molecule has 4 N–H and O–H groups in total. The van der Waals surface area contributed by atoms with Crippen molar-refractivity contribution in [1.29, 1.82) is 0 Å². The van der Waals surface area contributed by atoms with E-state index in [0.29, 0.717) is 12.0 Å². The predicted octanol–water partition coefficient (Wildman–Crippen LogP) is 0.281. The Morgan fingerprint density at radius 3 is 2.60 bits per heavy atom. The average molecular weight is 140 g/mol. The zero-order valence-corrected chi connectivity index (χ0v) is 6.00. The molecule has 0 rings (SSSR count). The number of hydrogen-bond donors (Lipinski definition) is 2. The Labute approximate surface area is 60.4 Å². The first-order chi connectivity index (χ1) is 4.68. The monoisotopic (exact) mass is 140 g/mol. The summed E-state index contributed by atoms with van der Waals surface area (Å²) in [5, 5.41) is 0. The van der Waals surface area contributed by atoms with Gasteiger partial charge in [0.15, 0.2) is 0 Å². The topological polar surface area (TPSA) is 69.1 Å². The number of carbonyl (C=O) groups excluding carboxylic acids is 1. The van der Waals surface area contributed by atoms with E-state index in [0.717, 1.165) is 0 Å². The highest BCUT2D eigenvalue weighted by molar-refractivity contribution is 5.91. The predicted molar refractivity (Wildman–Crippen MR) is 40.9 cm³/mol. The zero-order chi connectivity index (χ0) is 7.98. The van der Waals surface area contributed by atoms with Crippen LogP contribution in [0.25, 0.3) is 0 Å². The van der Waals surface area contributed by atoms with Crippen LogP contribution in [0.15, 0.2) is 23.9 Å². The molecule has 0 aliphatic carbocycles. The molecule has 0 radical (unpaired) electrons. The molecular formula is C7H12N2O. The summed E-state index contributed by atoms with van der Waals surface area (Å²) in [6, 6.07) is 0. The minimum absolute atomic E-state index is 0.384. The molecule has 0 aromatic carbocycles. The maximum absolute atomic E-state index is 10.4. The van der Waals surface area contributed by atoms with Gasteiger partial charge in [-0.1, -0.05) is 12.2 Å². The third-order valence-electron chi connectivity index (χ3n) is 1.08. The van der Waals surface area contributed by atoms with Gasteiger partial charge in [-0.3, -0.25) is 4.79 Å². The first-order valence-electron chi connectivity index (χ1n) is 3.01. The van der Waals surface area contributed by atoms with Crippen molar-refractivity contribution in [3.63, 3.8) is 0 Å². The molecule has 0 bridgehead atoms. The molecule has 0 heterocycles. The van der Waals surface area contributed by atoms with Crippen LogP contribution in [0, 0.1) is 0 Å². The van der Waals surface area contributed by atoms with E-state index < -0.39 is 0 Å². The molecule has 0 aliphatic heterocycles. The summed E-state index contributed by atoms with van der Waals surface area (Å²) in [7, 11) is 0. The number of rotatable bonds is 3. The Kier molecular flexibility index (Phi) is 4.04. The second-order valence-corrected chi connectivity index (χ2v) is 1.92. The quantitative estimate of drug-likeness (QED) is 0.553. The number of nitrogens with two attached hydrogens (primary N) is 2. The highest BCUT2D eigenvalue weighted by Gasteiger charge is 1.92. The molecule has 0 aromatic rings. The van der Waals surface area contributed by atoms with Gasteiger partial charge in [-0.15, -0.1) is 0 Å². The Hall–Kier alpha value is -1.25. The minimum atomic E-state index is -0.384. The van der Waals surface area contributed by atoms with Gasteiger partial charge < -0.3 is 11.5 Å². The summed E-state index contributed by atoms with van der Waals surface area (Å²) in [5.74, 6) is -0.384. The van der Waals surface area contributed by atoms with E-state index in [9.17, 15) is 4.79 Å². The molecular weight excluding hydrogens is 128 g/mol. The average Bonchev–Trinajstić information content (AvgIpc) is 1.88. The van der Waals surface area contributed by atoms with Crippen molar-refractivity contribution in [2.75, 3.05) is 0 Å². The van der Waals surface area contributed by atoms with Gasteiger partial charge in [0.2, 0.25) is 5.91 Å². The fraction of sp³-hybridized carbons (Fsp3) is 0.286. The lowest BCUT2D eigenvalue weighted by Crippen LogP contribution is -2.11. The fourth-order valence-corrected chi connectivity index (χ4v) is 0.424. The summed E-state index contributed by atoms with van der Waals surface area (Å²) in [5.41, 5.74) is 10.6. The Bertz CT molecular complexity index is 170. The lowest BCUT2D eigenvalue weighted by molar-refractivity contribution is -0.114. The molecule has 0 aromatic heterocycles. The van der Waals surface area contributed by atoms with E-state index in [-0.39, 0.29) is 5.91 Å². The second-order valence-electron chi connectivity index (χ2n) is 1.92. The van der Waals surface area contributed by atoms with Crippen LogP contribution in [0.4, 0.5) is 0 Å². The van der Waals surface area contributed by atoms with E-state index >= 15 is 0 Å². The molecule has 0 fully saturated rings. The lowest BCUT2D eigenvalue weighted by Gasteiger charge is -1.89. The van der Waals surface area contributed by atoms with Gasteiger partial charge in [0.25, 0.3) is 0 Å². The Balaban J connectivity index is 3.80. The fourth-order valence-electron chi connectivity index (χ4n) is 0.424. The van der Waals surface area contributed by atoms with Gasteiger partial charge in [0.05, 0.1) is 0 Å². The van der Waals surface area contributed by atoms with Crippen molar-refractivity contribution in [3.8, 4) is 0 Å². The maximum Gasteiger partial charge on any atom is 0.244 e. The minimum Gasteiger partial charge on any atom is -0.405 e. The molecule has 3 heteroatoms. The third kappa shape index (κ3) is 3.72. The van der Waals surface area contributed by atoms with E-state index in [4.69, 9.17) is 11.5 Å². The summed E-state index contributed by atoms with van der Waals surface area (Å²) in [4.78, 5) is 10.4. The van der Waals surface area contributed by atoms with Crippen molar-refractivity contribution in [3.05, 3.63) is 23.9 Å². The SMILES string of the molecule is CC(=CCC=CN)C(N)=O. The normalized spacial score (nSPS) is 12.3. The largest absolute Gasteiger partial charge is 0.405 e. The van der Waals surface area contributed by atoms with Crippen molar-refractivity contribution in [2.24, 2.45) is 11.5 Å². The van der Waals surface area contributed by atoms with Gasteiger partial charge >= 0.3 is 0 Å². The molecule has 0 saturated carbocycles. The number of carbonyl (C=O) groups is 1. The smallest absolute Gasteiger partial charge is 0.244 e. The number of amides is 1. The summed E-state index contributed by atoms with van der Waals surface area (Å²) >= 11 is 0. The molecule has 1 amide bonds. The Morgan fingerprint density at radius 2 is 2.20 bits per heavy atom. The van der Waals surface area contributed by atoms with Gasteiger partial charge in [-0.25, -0.2) is 0 Å². The highest BCUT2D eigenvalue weighted by atomic mass is 16.1. The van der Waals surface area contributed by atoms with Crippen molar-refractivity contribution in [2.45, 2.75) is 13.3 Å². The molecule has 3 nitrogen and oxygen atoms in total. The molecule has 0 saturated heterocycles. The van der Waals surface area contributed by atoms with E-state index in [2.05, 4.69) is 0 Å². The van der Waals surface area contributed by atoms with Crippen LogP contribution in [0.5, 0.6) is 0 Å². The molecule has 56 valence electrons. The van der Waals surface area contributed by atoms with Crippen LogP contribution >= 0.6 is 0 Å². The second kappa shape index (κ2) is 4.61. The summed E-state index contributed by atoms with van der Waals surface area (Å²) in [6.07, 6.45) is 5.56. The van der Waals surface area contributed by atoms with Crippen LogP contribution in [-0.2, 0) is 4.79 Å². The van der Waals surface area contributed by atoms with E-state index in [1.165, 1.54) is 6.20 Å². The third-order valence-corrected chi connectivity index (χ3v) is 1.08. The molecule has 0 atom stereocenters. The molecule has 0 unspecified atom stereocenters. The van der Waals surface area contributed by atoms with Gasteiger partial charge in [0, 0.05) is 5.57 Å². The van der Waals surface area contributed by atoms with Crippen molar-refractivity contribution in [1.82, 2.24) is 0 Å². The van der Waals surface area contributed by atoms with Crippen molar-refractivity contribution < 1.29 is 4.79 Å². The van der Waals surface area contributed by atoms with Crippen LogP contribution in [-0.4, -0.2) is 5.91 Å². The highest BCUT2D eigenvalue weighted by Crippen LogP contribution is 1.93. The number of hydrogen-bond acceptors (Lipinski definition) is 2. The number of primary amides is 1. The molecule has 0 aliphatic rings. The first-order valence-corrected chi connectivity index (χ1v) is 3.01. The van der Waals surface area contributed by atoms with E-state index in [1.807, 2.05) is 0 Å². The standard InChI is InChI=1S/C7H12N2O/c1-6(7(9)10)4-2-3-5-8/h3-5H,2,8H2,1H3,(H2,9,10). The van der Waals surface area contributed by atoms with Crippen LogP contribution in [0.2, 0.25) is 0 Å². The van der Waals surface area contributed by atoms with Crippen LogP contribution < -0.4 is 11.5 Å². The molecule has 0 spiro atoms. The van der Waals surface area contributed by atoms with Gasteiger partial charge in [-0.2, -0.15) is 0 Å². The van der Waals surface area contributed by atoms with Gasteiger partial charge in [-0.05, 0) is 19.5 Å². The summed E-state index contributed by atoms with van der Waals surface area (Å²) < 4.78 is 0. The van der Waals surface area contributed by atoms with Crippen LogP contribution in [0.1, 0.15) is 13.3 Å². The Morgan fingerprint density at radius 1 is 1.60 bits per heavy atom. The molecule has 10 heavy (non-hydrogen) atoms. The zero-order valence-electron chi connectivity index (χ0n) is 6.00. The first kappa shape index (κ1) is 8.75. The summed E-state index contributed by atoms with van der Waals surface area (Å²) in [6.45, 7) is 1.67. The van der Waals surface area contributed by atoms with Gasteiger partial charge in [0.1, 0.15) is 0 Å². The number of allylic oxidation sites excluding steroid dienone is 2.